The molecule has 2 heterocycles. The Hall–Kier alpha value is -3.39. The van der Waals surface area contributed by atoms with Gasteiger partial charge in [0.2, 0.25) is 0 Å². The molecule has 0 aliphatic rings. The molecule has 0 saturated heterocycles. The summed E-state index contributed by atoms with van der Waals surface area (Å²) in [5, 5.41) is 0.285. The molecule has 6 nitrogen and oxygen atoms in total. The molecule has 2 aromatic heterocycles. The zero-order chi connectivity index (χ0) is 22.1. The van der Waals surface area contributed by atoms with Crippen molar-refractivity contribution in [3.8, 4) is 0 Å². The lowest BCUT2D eigenvalue weighted by Gasteiger charge is -2.04. The van der Waals surface area contributed by atoms with E-state index in [0.29, 0.717) is 22.4 Å². The number of methoxy groups -OCH3 is 2. The van der Waals surface area contributed by atoms with Crippen LogP contribution in [0.2, 0.25) is 5.15 Å². The van der Waals surface area contributed by atoms with Crippen LogP contribution in [0, 0.1) is 11.6 Å². The smallest absolute Gasteiger partial charge is 0.338 e. The fraction of sp³-hybridized carbons (Fsp3) is 0.143. The molecule has 30 heavy (non-hydrogen) atoms. The van der Waals surface area contributed by atoms with E-state index in [1.807, 2.05) is 0 Å². The highest BCUT2D eigenvalue weighted by Gasteiger charge is 2.08. The molecule has 156 valence electrons. The van der Waals surface area contributed by atoms with Gasteiger partial charge in [-0.25, -0.2) is 23.4 Å². The molecular weight excluding hydrogens is 418 g/mol. The number of ether oxygens (including phenoxy) is 2. The first-order valence-corrected chi connectivity index (χ1v) is 8.88. The summed E-state index contributed by atoms with van der Waals surface area (Å²) in [6.07, 6.45) is 3.14. The summed E-state index contributed by atoms with van der Waals surface area (Å²) in [7, 11) is 2.60. The summed E-state index contributed by atoms with van der Waals surface area (Å²) in [6, 6.07) is 9.31. The molecule has 0 saturated carbocycles. The summed E-state index contributed by atoms with van der Waals surface area (Å²) >= 11 is 5.53. The van der Waals surface area contributed by atoms with Crippen LogP contribution in [0.3, 0.4) is 0 Å². The Morgan fingerprint density at radius 3 is 1.93 bits per heavy atom. The fourth-order valence-electron chi connectivity index (χ4n) is 2.39. The van der Waals surface area contributed by atoms with Crippen molar-refractivity contribution in [2.24, 2.45) is 0 Å². The molecule has 0 amide bonds. The maximum absolute atomic E-state index is 13.1. The molecular formula is C21H17ClF2N2O4. The average molecular weight is 435 g/mol. The number of benzene rings is 1. The summed E-state index contributed by atoms with van der Waals surface area (Å²) in [5.41, 5.74) is 1.75. The van der Waals surface area contributed by atoms with Gasteiger partial charge in [-0.3, -0.25) is 4.98 Å². The summed E-state index contributed by atoms with van der Waals surface area (Å²) in [4.78, 5) is 30.0. The summed E-state index contributed by atoms with van der Waals surface area (Å²) in [5.74, 6) is -2.17. The van der Waals surface area contributed by atoms with Crippen molar-refractivity contribution in [3.63, 3.8) is 0 Å². The van der Waals surface area contributed by atoms with Crippen LogP contribution in [0.15, 0.2) is 54.9 Å². The molecule has 0 atom stereocenters. The van der Waals surface area contributed by atoms with Crippen LogP contribution in [0.4, 0.5) is 8.78 Å². The van der Waals surface area contributed by atoms with E-state index in [9.17, 15) is 18.4 Å². The maximum Gasteiger partial charge on any atom is 0.338 e. The van der Waals surface area contributed by atoms with Crippen molar-refractivity contribution in [1.82, 2.24) is 9.97 Å². The van der Waals surface area contributed by atoms with E-state index in [1.54, 1.807) is 0 Å². The molecule has 0 N–H and O–H groups in total. The topological polar surface area (TPSA) is 78.4 Å². The van der Waals surface area contributed by atoms with Crippen LogP contribution in [0.5, 0.6) is 0 Å². The minimum Gasteiger partial charge on any atom is -0.465 e. The molecule has 9 heteroatoms. The number of hydrogen-bond acceptors (Lipinski definition) is 6. The molecule has 0 bridgehead atoms. The second-order valence-electron chi connectivity index (χ2n) is 5.84. The van der Waals surface area contributed by atoms with Crippen LogP contribution in [-0.2, 0) is 15.9 Å². The highest BCUT2D eigenvalue weighted by atomic mass is 35.5. The second kappa shape index (κ2) is 11.0. The molecule has 0 spiro atoms. The van der Waals surface area contributed by atoms with E-state index in [0.717, 1.165) is 6.07 Å². The second-order valence-corrected chi connectivity index (χ2v) is 6.23. The van der Waals surface area contributed by atoms with Gasteiger partial charge in [0.15, 0.2) is 0 Å². The van der Waals surface area contributed by atoms with Crippen molar-refractivity contribution in [2.45, 2.75) is 6.42 Å². The van der Waals surface area contributed by atoms with Crippen molar-refractivity contribution in [2.75, 3.05) is 14.2 Å². The molecule has 3 aromatic rings. The molecule has 0 aliphatic carbocycles. The van der Waals surface area contributed by atoms with Gasteiger partial charge < -0.3 is 9.47 Å². The van der Waals surface area contributed by atoms with Gasteiger partial charge in [-0.15, -0.1) is 0 Å². The quantitative estimate of drug-likeness (QED) is 0.451. The lowest BCUT2D eigenvalue weighted by molar-refractivity contribution is 0.0591. The molecule has 0 fully saturated rings. The van der Waals surface area contributed by atoms with Crippen molar-refractivity contribution < 1.29 is 27.8 Å². The lowest BCUT2D eigenvalue weighted by atomic mass is 10.1. The third-order valence-corrected chi connectivity index (χ3v) is 3.90. The number of hydrogen-bond donors (Lipinski definition) is 0. The van der Waals surface area contributed by atoms with E-state index in [-0.39, 0.29) is 11.6 Å². The third-order valence-electron chi connectivity index (χ3n) is 3.69. The molecule has 0 radical (unpaired) electrons. The van der Waals surface area contributed by atoms with Crippen LogP contribution < -0.4 is 0 Å². The van der Waals surface area contributed by atoms with E-state index in [2.05, 4.69) is 19.4 Å². The number of esters is 2. The van der Waals surface area contributed by atoms with Gasteiger partial charge in [0.05, 0.1) is 25.3 Å². The Labute approximate surface area is 176 Å². The van der Waals surface area contributed by atoms with Gasteiger partial charge in [0.25, 0.3) is 0 Å². The van der Waals surface area contributed by atoms with Gasteiger partial charge in [-0.2, -0.15) is 0 Å². The molecule has 0 unspecified atom stereocenters. The normalized spacial score (nSPS) is 9.90. The number of carbonyl (C=O) groups excluding carboxylic acids is 2. The minimum atomic E-state index is -0.640. The Kier molecular flexibility index (Phi) is 8.37. The zero-order valence-corrected chi connectivity index (χ0v) is 16.8. The van der Waals surface area contributed by atoms with Crippen molar-refractivity contribution in [1.29, 1.82) is 0 Å². The van der Waals surface area contributed by atoms with Crippen molar-refractivity contribution in [3.05, 3.63) is 94.0 Å². The molecule has 0 aliphatic heterocycles. The summed E-state index contributed by atoms with van der Waals surface area (Å²) < 4.78 is 35.2. The molecule has 1 aromatic carbocycles. The van der Waals surface area contributed by atoms with Crippen molar-refractivity contribution >= 4 is 23.5 Å². The van der Waals surface area contributed by atoms with Gasteiger partial charge in [-0.1, -0.05) is 11.6 Å². The van der Waals surface area contributed by atoms with Gasteiger partial charge >= 0.3 is 11.9 Å². The predicted octanol–water partition coefficient (Wildman–Crippen LogP) is 4.26. The van der Waals surface area contributed by atoms with E-state index >= 15 is 0 Å². The van der Waals surface area contributed by atoms with E-state index in [4.69, 9.17) is 11.6 Å². The average Bonchev–Trinajstić information content (AvgIpc) is 2.72. The number of halogens is 3. The number of rotatable bonds is 4. The number of pyridine rings is 2. The van der Waals surface area contributed by atoms with Crippen LogP contribution in [-0.4, -0.2) is 36.1 Å². The van der Waals surface area contributed by atoms with Gasteiger partial charge in [0.1, 0.15) is 16.8 Å². The predicted molar refractivity (Wildman–Crippen MR) is 105 cm³/mol. The van der Waals surface area contributed by atoms with Crippen LogP contribution >= 0.6 is 11.6 Å². The Morgan fingerprint density at radius 1 is 0.867 bits per heavy atom. The third kappa shape index (κ3) is 6.89. The maximum atomic E-state index is 13.1. The molecule has 3 rings (SSSR count). The van der Waals surface area contributed by atoms with E-state index in [1.165, 1.54) is 63.0 Å². The van der Waals surface area contributed by atoms with Gasteiger partial charge in [0, 0.05) is 30.6 Å². The number of aromatic nitrogens is 2. The first-order chi connectivity index (χ1) is 14.3. The zero-order valence-electron chi connectivity index (χ0n) is 16.1. The Morgan fingerprint density at radius 2 is 1.40 bits per heavy atom. The SMILES string of the molecule is COC(=O)c1ccnc(Cc2cc(F)cc(F)c2)c1.COC(=O)c1ccnc(Cl)c1. The standard InChI is InChI=1S/C14H11F2NO2.C7H6ClNO2/c1-19-14(18)10-2-3-17-13(7-10)6-9-4-11(15)8-12(16)5-9;1-11-7(10)5-2-3-9-6(8)4-5/h2-5,7-8H,6H2,1H3;2-4H,1H3. The Bertz CT molecular complexity index is 1030. The highest BCUT2D eigenvalue weighted by Crippen LogP contribution is 2.13. The fourth-order valence-corrected chi connectivity index (χ4v) is 2.56. The number of nitrogens with zero attached hydrogens (tertiary/aromatic N) is 2. The number of carbonyl (C=O) groups is 2. The van der Waals surface area contributed by atoms with E-state index < -0.39 is 23.6 Å². The largest absolute Gasteiger partial charge is 0.465 e. The first-order valence-electron chi connectivity index (χ1n) is 8.50. The van der Waals surface area contributed by atoms with Crippen LogP contribution in [0.25, 0.3) is 0 Å². The summed E-state index contributed by atoms with van der Waals surface area (Å²) in [6.45, 7) is 0. The van der Waals surface area contributed by atoms with Crippen LogP contribution in [0.1, 0.15) is 32.0 Å². The minimum absolute atomic E-state index is 0.236. The first kappa shape index (κ1) is 22.9. The monoisotopic (exact) mass is 434 g/mol. The Balaban J connectivity index is 0.000000248. The highest BCUT2D eigenvalue weighted by molar-refractivity contribution is 6.29. The lowest BCUT2D eigenvalue weighted by Crippen LogP contribution is -2.03. The van der Waals surface area contributed by atoms with Gasteiger partial charge in [-0.05, 0) is 42.0 Å².